The van der Waals surface area contributed by atoms with E-state index in [0.717, 1.165) is 16.7 Å². The van der Waals surface area contributed by atoms with Gasteiger partial charge in [0.2, 0.25) is 10.0 Å². The van der Waals surface area contributed by atoms with E-state index in [2.05, 4.69) is 47.3 Å². The number of benzene rings is 4. The first-order valence-corrected chi connectivity index (χ1v) is 11.9. The summed E-state index contributed by atoms with van der Waals surface area (Å²) in [4.78, 5) is 0.326. The molecule has 0 aromatic heterocycles. The van der Waals surface area contributed by atoms with Gasteiger partial charge in [-0.3, -0.25) is 0 Å². The molecular weight excluding hydrogens is 440 g/mol. The van der Waals surface area contributed by atoms with Crippen LogP contribution in [-0.4, -0.2) is 15.0 Å². The second-order valence-corrected chi connectivity index (χ2v) is 9.64. The lowest BCUT2D eigenvalue weighted by Crippen LogP contribution is -2.35. The van der Waals surface area contributed by atoms with Crippen LogP contribution < -0.4 is 10.0 Å². The van der Waals surface area contributed by atoms with Gasteiger partial charge in [-0.2, -0.15) is 0 Å². The zero-order chi connectivity index (χ0) is 21.4. The van der Waals surface area contributed by atoms with Crippen LogP contribution in [0.15, 0.2) is 95.9 Å². The quantitative estimate of drug-likeness (QED) is 0.412. The molecule has 0 fully saturated rings. The first kappa shape index (κ1) is 22.5. The lowest BCUT2D eigenvalue weighted by molar-refractivity contribution is 0.497. The Bertz CT molecular complexity index is 1370. The van der Waals surface area contributed by atoms with E-state index in [4.69, 9.17) is 0 Å². The predicted molar refractivity (Wildman–Crippen MR) is 133 cm³/mol. The van der Waals surface area contributed by atoms with E-state index in [9.17, 15) is 8.42 Å². The number of sulfonamides is 1. The molecule has 0 spiro atoms. The average molecular weight is 465 g/mol. The van der Waals surface area contributed by atoms with Gasteiger partial charge < -0.3 is 5.32 Å². The molecule has 6 heteroatoms. The van der Waals surface area contributed by atoms with Crippen molar-refractivity contribution in [2.45, 2.75) is 23.9 Å². The Kier molecular flexibility index (Phi) is 6.35. The summed E-state index contributed by atoms with van der Waals surface area (Å²) in [5, 5.41) is 5.97. The van der Waals surface area contributed by atoms with Crippen molar-refractivity contribution < 1.29 is 8.42 Å². The third-order valence-electron chi connectivity index (χ3n) is 6.02. The highest BCUT2D eigenvalue weighted by molar-refractivity contribution is 7.89. The Balaban J connectivity index is 0.00000245. The summed E-state index contributed by atoms with van der Waals surface area (Å²) >= 11 is 0. The number of nitrogens with one attached hydrogen (secondary N) is 2. The number of rotatable bonds is 4. The fraction of sp³-hybridized carbons (Fsp3) is 0.154. The molecule has 2 atom stereocenters. The molecule has 1 heterocycles. The summed E-state index contributed by atoms with van der Waals surface area (Å²) in [5.74, 6) is 0. The Morgan fingerprint density at radius 3 is 2.34 bits per heavy atom. The SMILES string of the molecule is C[C@@H](NC[C@@H]1NS(=O)(=O)c2ccccc2-c2ccccc21)c1cccc2ccccc12.Cl. The summed E-state index contributed by atoms with van der Waals surface area (Å²) in [6, 6.07) is 29.4. The molecule has 0 saturated heterocycles. The largest absolute Gasteiger partial charge is 0.308 e. The van der Waals surface area contributed by atoms with Crippen molar-refractivity contribution in [3.63, 3.8) is 0 Å². The van der Waals surface area contributed by atoms with Gasteiger partial charge in [-0.05, 0) is 40.5 Å². The minimum atomic E-state index is -3.63. The molecule has 0 bridgehead atoms. The second-order valence-electron chi connectivity index (χ2n) is 7.96. The molecule has 4 nitrogen and oxygen atoms in total. The maximum atomic E-state index is 13.1. The normalized spacial score (nSPS) is 17.5. The first-order valence-electron chi connectivity index (χ1n) is 10.5. The molecule has 1 aliphatic rings. The fourth-order valence-electron chi connectivity index (χ4n) is 4.47. The number of hydrogen-bond donors (Lipinski definition) is 2. The Morgan fingerprint density at radius 1 is 0.844 bits per heavy atom. The molecule has 0 amide bonds. The van der Waals surface area contributed by atoms with Gasteiger partial charge in [0.1, 0.15) is 0 Å². The van der Waals surface area contributed by atoms with Crippen molar-refractivity contribution in [3.8, 4) is 11.1 Å². The summed E-state index contributed by atoms with van der Waals surface area (Å²) in [6.07, 6.45) is 0. The minimum Gasteiger partial charge on any atom is -0.308 e. The fourth-order valence-corrected chi connectivity index (χ4v) is 5.91. The van der Waals surface area contributed by atoms with Gasteiger partial charge in [0, 0.05) is 18.2 Å². The van der Waals surface area contributed by atoms with E-state index in [1.54, 1.807) is 12.1 Å². The zero-order valence-corrected chi connectivity index (χ0v) is 19.3. The molecule has 0 saturated carbocycles. The highest BCUT2D eigenvalue weighted by atomic mass is 35.5. The summed E-state index contributed by atoms with van der Waals surface area (Å²) in [5.41, 5.74) is 3.88. The van der Waals surface area contributed by atoms with Crippen molar-refractivity contribution >= 4 is 33.2 Å². The number of fused-ring (bicyclic) bond motifs is 4. The minimum absolute atomic E-state index is 0. The van der Waals surface area contributed by atoms with Crippen LogP contribution in [0, 0.1) is 0 Å². The molecule has 0 aliphatic carbocycles. The van der Waals surface area contributed by atoms with Crippen molar-refractivity contribution in [2.24, 2.45) is 0 Å². The molecule has 32 heavy (non-hydrogen) atoms. The Hall–Kier alpha value is -2.70. The molecule has 1 aliphatic heterocycles. The van der Waals surface area contributed by atoms with E-state index >= 15 is 0 Å². The highest BCUT2D eigenvalue weighted by Crippen LogP contribution is 2.37. The lowest BCUT2D eigenvalue weighted by atomic mass is 9.94. The maximum Gasteiger partial charge on any atom is 0.241 e. The van der Waals surface area contributed by atoms with Gasteiger partial charge in [-0.15, -0.1) is 12.4 Å². The zero-order valence-electron chi connectivity index (χ0n) is 17.7. The molecular formula is C26H25ClN2O2S. The van der Waals surface area contributed by atoms with Crippen LogP contribution in [-0.2, 0) is 10.0 Å². The first-order chi connectivity index (χ1) is 15.0. The van der Waals surface area contributed by atoms with Crippen molar-refractivity contribution in [3.05, 3.63) is 102 Å². The van der Waals surface area contributed by atoms with Crippen LogP contribution in [0.25, 0.3) is 21.9 Å². The molecule has 0 unspecified atom stereocenters. The van der Waals surface area contributed by atoms with Gasteiger partial charge in [0.25, 0.3) is 0 Å². The second kappa shape index (κ2) is 9.04. The van der Waals surface area contributed by atoms with E-state index in [1.807, 2.05) is 48.5 Å². The third-order valence-corrected chi connectivity index (χ3v) is 7.55. The lowest BCUT2D eigenvalue weighted by Gasteiger charge is -2.23. The Morgan fingerprint density at radius 2 is 1.50 bits per heavy atom. The van der Waals surface area contributed by atoms with Gasteiger partial charge >= 0.3 is 0 Å². The summed E-state index contributed by atoms with van der Waals surface area (Å²) in [6.45, 7) is 2.60. The highest BCUT2D eigenvalue weighted by Gasteiger charge is 2.30. The maximum absolute atomic E-state index is 13.1. The van der Waals surface area contributed by atoms with Crippen LogP contribution in [0.2, 0.25) is 0 Å². The van der Waals surface area contributed by atoms with Crippen LogP contribution >= 0.6 is 12.4 Å². The summed E-state index contributed by atoms with van der Waals surface area (Å²) < 4.78 is 29.2. The van der Waals surface area contributed by atoms with E-state index in [-0.39, 0.29) is 24.5 Å². The summed E-state index contributed by atoms with van der Waals surface area (Å²) in [7, 11) is -3.63. The topological polar surface area (TPSA) is 58.2 Å². The van der Waals surface area contributed by atoms with Gasteiger partial charge in [-0.1, -0.05) is 84.9 Å². The molecule has 0 radical (unpaired) electrons. The molecule has 4 aromatic rings. The molecule has 5 rings (SSSR count). The number of hydrogen-bond acceptors (Lipinski definition) is 3. The van der Waals surface area contributed by atoms with Crippen LogP contribution in [0.4, 0.5) is 0 Å². The predicted octanol–water partition coefficient (Wildman–Crippen LogP) is 5.61. The van der Waals surface area contributed by atoms with Gasteiger partial charge in [0.15, 0.2) is 0 Å². The van der Waals surface area contributed by atoms with Crippen molar-refractivity contribution in [1.29, 1.82) is 0 Å². The molecule has 164 valence electrons. The number of halogens is 1. The van der Waals surface area contributed by atoms with E-state index < -0.39 is 10.0 Å². The van der Waals surface area contributed by atoms with Gasteiger partial charge in [0.05, 0.1) is 10.9 Å². The van der Waals surface area contributed by atoms with Crippen molar-refractivity contribution in [1.82, 2.24) is 10.0 Å². The average Bonchev–Trinajstić information content (AvgIpc) is 2.90. The van der Waals surface area contributed by atoms with Crippen molar-refractivity contribution in [2.75, 3.05) is 6.54 Å². The molecule has 4 aromatic carbocycles. The van der Waals surface area contributed by atoms with E-state index in [0.29, 0.717) is 11.4 Å². The van der Waals surface area contributed by atoms with Crippen LogP contribution in [0.1, 0.15) is 30.1 Å². The Labute approximate surface area is 195 Å². The van der Waals surface area contributed by atoms with Gasteiger partial charge in [-0.25, -0.2) is 13.1 Å². The smallest absolute Gasteiger partial charge is 0.241 e. The monoisotopic (exact) mass is 464 g/mol. The molecule has 2 N–H and O–H groups in total. The third kappa shape index (κ3) is 4.05. The van der Waals surface area contributed by atoms with Crippen LogP contribution in [0.5, 0.6) is 0 Å². The van der Waals surface area contributed by atoms with Crippen LogP contribution in [0.3, 0.4) is 0 Å². The standard InChI is InChI=1S/C26H24N2O2S.ClH/c1-18(20-15-8-10-19-9-2-3-11-21(19)20)27-17-25-23-13-5-4-12-22(23)24-14-6-7-16-26(24)31(29,30)28-25;/h2-16,18,25,27-28H,17H2,1H3;1H/t18-,25+;/m1./s1. The van der Waals surface area contributed by atoms with E-state index in [1.165, 1.54) is 16.3 Å².